The fraction of sp³-hybridized carbons (Fsp3) is 0.438. The minimum Gasteiger partial charge on any atom is -0.481 e. The Hall–Kier alpha value is -1.28. The van der Waals surface area contributed by atoms with Gasteiger partial charge in [-0.05, 0) is 43.4 Å². The average molecular weight is 281 g/mol. The number of halogens is 1. The highest BCUT2D eigenvalue weighted by molar-refractivity contribution is 6.30. The summed E-state index contributed by atoms with van der Waals surface area (Å²) in [5.74, 6) is -1.01. The molecule has 0 aromatic heterocycles. The lowest BCUT2D eigenvalue weighted by Gasteiger charge is -2.12. The maximum atomic E-state index is 11.2. The molecule has 1 aromatic carbocycles. The monoisotopic (exact) mass is 280 g/mol. The van der Waals surface area contributed by atoms with E-state index in [-0.39, 0.29) is 5.92 Å². The van der Waals surface area contributed by atoms with Gasteiger partial charge in [0.1, 0.15) is 0 Å². The van der Waals surface area contributed by atoms with Crippen LogP contribution < -0.4 is 0 Å². The number of carboxylic acids is 1. The molecule has 0 saturated carbocycles. The van der Waals surface area contributed by atoms with Crippen LogP contribution in [0.3, 0.4) is 0 Å². The van der Waals surface area contributed by atoms with Crippen molar-refractivity contribution in [3.8, 4) is 0 Å². The van der Waals surface area contributed by atoms with Gasteiger partial charge in [-0.3, -0.25) is 4.79 Å². The van der Waals surface area contributed by atoms with Crippen LogP contribution in [0.15, 0.2) is 36.9 Å². The first-order valence-corrected chi connectivity index (χ1v) is 7.09. The number of aliphatic carboxylic acids is 1. The summed E-state index contributed by atoms with van der Waals surface area (Å²) in [4.78, 5) is 11.2. The molecular formula is C16H21ClO2. The maximum absolute atomic E-state index is 11.2. The van der Waals surface area contributed by atoms with Gasteiger partial charge in [-0.15, -0.1) is 6.58 Å². The molecule has 0 spiro atoms. The summed E-state index contributed by atoms with van der Waals surface area (Å²) in [5, 5.41) is 9.93. The summed E-state index contributed by atoms with van der Waals surface area (Å²) in [6.07, 6.45) is 7.34. The second-order valence-electron chi connectivity index (χ2n) is 4.79. The van der Waals surface area contributed by atoms with Gasteiger partial charge in [0.15, 0.2) is 0 Å². The fourth-order valence-electron chi connectivity index (χ4n) is 2.07. The van der Waals surface area contributed by atoms with Gasteiger partial charge in [-0.25, -0.2) is 0 Å². The van der Waals surface area contributed by atoms with Gasteiger partial charge in [0.05, 0.1) is 5.92 Å². The van der Waals surface area contributed by atoms with Crippen LogP contribution in [0.4, 0.5) is 0 Å². The topological polar surface area (TPSA) is 37.3 Å². The molecule has 1 rings (SSSR count). The first-order valence-electron chi connectivity index (χ1n) is 6.71. The lowest BCUT2D eigenvalue weighted by atomic mass is 9.93. The molecule has 0 heterocycles. The van der Waals surface area contributed by atoms with Crippen molar-refractivity contribution in [1.82, 2.24) is 0 Å². The standard InChI is InChI=1S/C16H21ClO2/c1-2-3-4-5-6-7-14(16(18)19)12-13-8-10-15(17)11-9-13/h2,8-11,14H,1,3-7,12H2,(H,18,19). The quantitative estimate of drug-likeness (QED) is 0.525. The van der Waals surface area contributed by atoms with Crippen molar-refractivity contribution in [2.24, 2.45) is 5.92 Å². The third-order valence-electron chi connectivity index (χ3n) is 3.21. The first-order chi connectivity index (χ1) is 9.13. The fourth-order valence-corrected chi connectivity index (χ4v) is 2.20. The van der Waals surface area contributed by atoms with Gasteiger partial charge in [0.25, 0.3) is 0 Å². The van der Waals surface area contributed by atoms with E-state index in [0.29, 0.717) is 11.4 Å². The van der Waals surface area contributed by atoms with Crippen molar-refractivity contribution in [3.63, 3.8) is 0 Å². The van der Waals surface area contributed by atoms with Gasteiger partial charge in [-0.2, -0.15) is 0 Å². The molecule has 19 heavy (non-hydrogen) atoms. The smallest absolute Gasteiger partial charge is 0.306 e. The number of rotatable bonds is 9. The third kappa shape index (κ3) is 6.44. The molecular weight excluding hydrogens is 260 g/mol. The average Bonchev–Trinajstić information content (AvgIpc) is 2.39. The highest BCUT2D eigenvalue weighted by Gasteiger charge is 2.17. The number of hydrogen-bond donors (Lipinski definition) is 1. The van der Waals surface area contributed by atoms with Crippen LogP contribution in [0.1, 0.15) is 37.7 Å². The Balaban J connectivity index is 2.42. The molecule has 0 saturated heterocycles. The Bertz CT molecular complexity index is 398. The molecule has 1 N–H and O–H groups in total. The Morgan fingerprint density at radius 3 is 2.53 bits per heavy atom. The van der Waals surface area contributed by atoms with Crippen LogP contribution in [0, 0.1) is 5.92 Å². The van der Waals surface area contributed by atoms with E-state index >= 15 is 0 Å². The van der Waals surface area contributed by atoms with Gasteiger partial charge < -0.3 is 5.11 Å². The van der Waals surface area contributed by atoms with Crippen LogP contribution in [0.5, 0.6) is 0 Å². The molecule has 104 valence electrons. The Morgan fingerprint density at radius 2 is 1.95 bits per heavy atom. The minimum atomic E-state index is -0.710. The second kappa shape index (κ2) is 8.76. The van der Waals surface area contributed by atoms with Crippen molar-refractivity contribution in [1.29, 1.82) is 0 Å². The minimum absolute atomic E-state index is 0.301. The highest BCUT2D eigenvalue weighted by Crippen LogP contribution is 2.18. The van der Waals surface area contributed by atoms with Crippen LogP contribution >= 0.6 is 11.6 Å². The molecule has 1 unspecified atom stereocenters. The van der Waals surface area contributed by atoms with Crippen LogP contribution in [0.2, 0.25) is 5.02 Å². The van der Waals surface area contributed by atoms with Crippen molar-refractivity contribution < 1.29 is 9.90 Å². The van der Waals surface area contributed by atoms with Crippen molar-refractivity contribution in [2.75, 3.05) is 0 Å². The van der Waals surface area contributed by atoms with Crippen LogP contribution in [-0.4, -0.2) is 11.1 Å². The van der Waals surface area contributed by atoms with Crippen molar-refractivity contribution >= 4 is 17.6 Å². The van der Waals surface area contributed by atoms with Gasteiger partial charge >= 0.3 is 5.97 Å². The first kappa shape index (κ1) is 15.8. The summed E-state index contributed by atoms with van der Waals surface area (Å²) in [7, 11) is 0. The predicted octanol–water partition coefficient (Wildman–Crippen LogP) is 4.72. The lowest BCUT2D eigenvalue weighted by molar-refractivity contribution is -0.142. The van der Waals surface area contributed by atoms with Gasteiger partial charge in [-0.1, -0.05) is 42.7 Å². The van der Waals surface area contributed by atoms with Crippen molar-refractivity contribution in [2.45, 2.75) is 38.5 Å². The number of allylic oxidation sites excluding steroid dienone is 1. The summed E-state index contributed by atoms with van der Waals surface area (Å²) in [6.45, 7) is 3.68. The third-order valence-corrected chi connectivity index (χ3v) is 3.46. The lowest BCUT2D eigenvalue weighted by Crippen LogP contribution is -2.16. The number of hydrogen-bond acceptors (Lipinski definition) is 1. The number of unbranched alkanes of at least 4 members (excludes halogenated alkanes) is 3. The summed E-state index contributed by atoms with van der Waals surface area (Å²) in [5.41, 5.74) is 1.03. The number of carbonyl (C=O) groups is 1. The summed E-state index contributed by atoms with van der Waals surface area (Å²) >= 11 is 5.82. The van der Waals surface area contributed by atoms with E-state index in [2.05, 4.69) is 6.58 Å². The zero-order valence-electron chi connectivity index (χ0n) is 11.1. The zero-order valence-corrected chi connectivity index (χ0v) is 11.9. The van der Waals surface area contributed by atoms with E-state index in [1.807, 2.05) is 18.2 Å². The Labute approximate surface area is 120 Å². The maximum Gasteiger partial charge on any atom is 0.306 e. The van der Waals surface area contributed by atoms with Gasteiger partial charge in [0, 0.05) is 5.02 Å². The molecule has 0 fully saturated rings. The van der Waals surface area contributed by atoms with Crippen LogP contribution in [-0.2, 0) is 11.2 Å². The van der Waals surface area contributed by atoms with E-state index in [1.54, 1.807) is 12.1 Å². The largest absolute Gasteiger partial charge is 0.481 e. The molecule has 0 aliphatic rings. The van der Waals surface area contributed by atoms with Crippen LogP contribution in [0.25, 0.3) is 0 Å². The summed E-state index contributed by atoms with van der Waals surface area (Å²) in [6, 6.07) is 7.41. The molecule has 0 radical (unpaired) electrons. The van der Waals surface area contributed by atoms with E-state index in [9.17, 15) is 9.90 Å². The molecule has 0 aliphatic carbocycles. The Kier molecular flexibility index (Phi) is 7.27. The second-order valence-corrected chi connectivity index (χ2v) is 5.23. The van der Waals surface area contributed by atoms with E-state index < -0.39 is 5.97 Å². The molecule has 0 amide bonds. The number of benzene rings is 1. The molecule has 0 aliphatic heterocycles. The SMILES string of the molecule is C=CCCCCCC(Cc1ccc(Cl)cc1)C(=O)O. The normalized spacial score (nSPS) is 12.1. The zero-order chi connectivity index (χ0) is 14.1. The molecule has 0 bridgehead atoms. The van der Waals surface area contributed by atoms with E-state index in [0.717, 1.165) is 37.7 Å². The Morgan fingerprint density at radius 1 is 1.26 bits per heavy atom. The van der Waals surface area contributed by atoms with Crippen molar-refractivity contribution in [3.05, 3.63) is 47.5 Å². The van der Waals surface area contributed by atoms with Gasteiger partial charge in [0.2, 0.25) is 0 Å². The molecule has 1 atom stereocenters. The molecule has 2 nitrogen and oxygen atoms in total. The molecule has 1 aromatic rings. The number of carboxylic acid groups (broad SMARTS) is 1. The van der Waals surface area contributed by atoms with E-state index in [1.165, 1.54) is 0 Å². The van der Waals surface area contributed by atoms with E-state index in [4.69, 9.17) is 11.6 Å². The molecule has 3 heteroatoms. The highest BCUT2D eigenvalue weighted by atomic mass is 35.5. The summed E-state index contributed by atoms with van der Waals surface area (Å²) < 4.78 is 0. The predicted molar refractivity (Wildman–Crippen MR) is 79.6 cm³/mol.